The third-order valence-electron chi connectivity index (χ3n) is 3.90. The molecule has 0 unspecified atom stereocenters. The van der Waals surface area contributed by atoms with Crippen molar-refractivity contribution in [2.24, 2.45) is 4.99 Å². The maximum atomic E-state index is 5.50. The summed E-state index contributed by atoms with van der Waals surface area (Å²) in [5.41, 5.74) is 5.04. The quantitative estimate of drug-likeness (QED) is 0.319. The lowest BCUT2D eigenvalue weighted by Gasteiger charge is -2.15. The van der Waals surface area contributed by atoms with Gasteiger partial charge in [-0.3, -0.25) is 5.32 Å². The van der Waals surface area contributed by atoms with Gasteiger partial charge in [-0.15, -0.1) is 11.3 Å². The first-order chi connectivity index (χ1) is 13.9. The molecule has 2 aromatic heterocycles. The largest absolute Gasteiger partial charge is 0.332 e. The van der Waals surface area contributed by atoms with Crippen LogP contribution in [-0.4, -0.2) is 21.0 Å². The van der Waals surface area contributed by atoms with Crippen molar-refractivity contribution in [2.45, 2.75) is 34.2 Å². The van der Waals surface area contributed by atoms with E-state index in [1.165, 1.54) is 11.1 Å². The zero-order valence-electron chi connectivity index (χ0n) is 16.9. The Kier molecular flexibility index (Phi) is 6.90. The molecular weight excluding hydrogens is 400 g/mol. The summed E-state index contributed by atoms with van der Waals surface area (Å²) in [6.07, 6.45) is 0. The van der Waals surface area contributed by atoms with Crippen LogP contribution in [0.3, 0.4) is 0 Å². The van der Waals surface area contributed by atoms with Crippen LogP contribution in [0, 0.1) is 27.7 Å². The van der Waals surface area contributed by atoms with E-state index in [1.807, 2.05) is 49.6 Å². The lowest BCUT2D eigenvalue weighted by Crippen LogP contribution is -2.39. The summed E-state index contributed by atoms with van der Waals surface area (Å²) in [6.45, 7) is 8.51. The zero-order valence-corrected chi connectivity index (χ0v) is 18.5. The second kappa shape index (κ2) is 9.58. The van der Waals surface area contributed by atoms with Crippen LogP contribution in [0.15, 0.2) is 46.8 Å². The minimum atomic E-state index is 0.441. The number of guanidine groups is 1. The standard InChI is InChI=1S/C21H24N6S2/c1-13-8-14(2)10-17(9-13)25-21(28)27-19(22-12-18-6-5-7-29-18)26-20-23-15(3)11-16(4)24-20/h5-11H,12H2,1-4H3,(H3,22,23,24,25,26,27,28). The van der Waals surface area contributed by atoms with Crippen LogP contribution in [0.1, 0.15) is 27.4 Å². The van der Waals surface area contributed by atoms with E-state index in [2.05, 4.69) is 50.8 Å². The number of aryl methyl sites for hydroxylation is 4. The molecule has 6 nitrogen and oxygen atoms in total. The highest BCUT2D eigenvalue weighted by Gasteiger charge is 2.08. The number of aliphatic imine (C=N–C) groups is 1. The molecule has 0 saturated carbocycles. The molecule has 3 N–H and O–H groups in total. The molecule has 0 aliphatic heterocycles. The maximum Gasteiger partial charge on any atom is 0.229 e. The Balaban J connectivity index is 1.76. The van der Waals surface area contributed by atoms with E-state index >= 15 is 0 Å². The molecule has 29 heavy (non-hydrogen) atoms. The van der Waals surface area contributed by atoms with Gasteiger partial charge in [0.05, 0.1) is 6.54 Å². The van der Waals surface area contributed by atoms with Gasteiger partial charge in [-0.25, -0.2) is 15.0 Å². The molecule has 2 heterocycles. The number of aromatic nitrogens is 2. The van der Waals surface area contributed by atoms with Gasteiger partial charge in [-0.1, -0.05) is 12.1 Å². The van der Waals surface area contributed by atoms with E-state index in [4.69, 9.17) is 12.2 Å². The van der Waals surface area contributed by atoms with Gasteiger partial charge in [0, 0.05) is 22.0 Å². The summed E-state index contributed by atoms with van der Waals surface area (Å²) in [5.74, 6) is 0.972. The molecule has 0 spiro atoms. The summed E-state index contributed by atoms with van der Waals surface area (Å²) in [7, 11) is 0. The van der Waals surface area contributed by atoms with Crippen LogP contribution in [0.2, 0.25) is 0 Å². The van der Waals surface area contributed by atoms with Crippen LogP contribution in [0.4, 0.5) is 11.6 Å². The van der Waals surface area contributed by atoms with E-state index in [-0.39, 0.29) is 0 Å². The summed E-state index contributed by atoms with van der Waals surface area (Å²) < 4.78 is 0. The fourth-order valence-electron chi connectivity index (χ4n) is 2.87. The number of thiocarbonyl (C=S) groups is 1. The van der Waals surface area contributed by atoms with Gasteiger partial charge in [0.2, 0.25) is 11.9 Å². The van der Waals surface area contributed by atoms with Gasteiger partial charge in [-0.05, 0) is 80.7 Å². The fraction of sp³-hybridized carbons (Fsp3) is 0.238. The van der Waals surface area contributed by atoms with Gasteiger partial charge in [0.25, 0.3) is 0 Å². The van der Waals surface area contributed by atoms with Crippen molar-refractivity contribution in [2.75, 3.05) is 10.6 Å². The number of hydrogen-bond acceptors (Lipinski definition) is 5. The number of hydrogen-bond donors (Lipinski definition) is 3. The molecule has 0 bridgehead atoms. The van der Waals surface area contributed by atoms with E-state index in [0.717, 1.165) is 22.0 Å². The van der Waals surface area contributed by atoms with Crippen LogP contribution in [0.25, 0.3) is 0 Å². The number of nitrogens with one attached hydrogen (secondary N) is 3. The first kappa shape index (κ1) is 20.9. The van der Waals surface area contributed by atoms with Crippen LogP contribution >= 0.6 is 23.6 Å². The van der Waals surface area contributed by atoms with Gasteiger partial charge >= 0.3 is 0 Å². The molecule has 0 amide bonds. The van der Waals surface area contributed by atoms with E-state index in [1.54, 1.807) is 11.3 Å². The van der Waals surface area contributed by atoms with Gasteiger partial charge < -0.3 is 10.6 Å². The normalized spacial score (nSPS) is 11.2. The predicted octanol–water partition coefficient (Wildman–Crippen LogP) is 4.73. The molecule has 0 saturated heterocycles. The predicted molar refractivity (Wildman–Crippen MR) is 126 cm³/mol. The number of benzene rings is 1. The number of rotatable bonds is 4. The summed E-state index contributed by atoms with van der Waals surface area (Å²) in [4.78, 5) is 14.6. The van der Waals surface area contributed by atoms with Crippen LogP contribution < -0.4 is 16.0 Å². The summed E-state index contributed by atoms with van der Waals surface area (Å²) >= 11 is 7.16. The highest BCUT2D eigenvalue weighted by Crippen LogP contribution is 2.14. The minimum Gasteiger partial charge on any atom is -0.332 e. The summed E-state index contributed by atoms with van der Waals surface area (Å²) in [6, 6.07) is 12.2. The average Bonchev–Trinajstić information content (AvgIpc) is 3.11. The molecule has 0 radical (unpaired) electrons. The second-order valence-corrected chi connectivity index (χ2v) is 8.24. The smallest absolute Gasteiger partial charge is 0.229 e. The van der Waals surface area contributed by atoms with Crippen molar-refractivity contribution in [1.29, 1.82) is 0 Å². The van der Waals surface area contributed by atoms with Crippen LogP contribution in [0.5, 0.6) is 0 Å². The van der Waals surface area contributed by atoms with Crippen molar-refractivity contribution < 1.29 is 0 Å². The highest BCUT2D eigenvalue weighted by atomic mass is 32.1. The van der Waals surface area contributed by atoms with Gasteiger partial charge in [-0.2, -0.15) is 0 Å². The zero-order chi connectivity index (χ0) is 20.8. The van der Waals surface area contributed by atoms with Crippen molar-refractivity contribution in [3.63, 3.8) is 0 Å². The molecule has 150 valence electrons. The number of thiophene rings is 1. The Morgan fingerprint density at radius 1 is 1.00 bits per heavy atom. The van der Waals surface area contributed by atoms with Crippen molar-refractivity contribution in [3.8, 4) is 0 Å². The Bertz CT molecular complexity index is 987. The Labute approximate surface area is 180 Å². The molecule has 3 aromatic rings. The van der Waals surface area contributed by atoms with Crippen molar-refractivity contribution in [1.82, 2.24) is 15.3 Å². The molecule has 0 atom stereocenters. The third-order valence-corrected chi connectivity index (χ3v) is 4.96. The van der Waals surface area contributed by atoms with Gasteiger partial charge in [0.1, 0.15) is 0 Å². The number of nitrogens with zero attached hydrogens (tertiary/aromatic N) is 3. The van der Waals surface area contributed by atoms with Crippen LogP contribution in [-0.2, 0) is 6.54 Å². The topological polar surface area (TPSA) is 74.2 Å². The number of anilines is 2. The Morgan fingerprint density at radius 3 is 2.31 bits per heavy atom. The fourth-order valence-corrected chi connectivity index (χ4v) is 3.72. The van der Waals surface area contributed by atoms with E-state index < -0.39 is 0 Å². The minimum absolute atomic E-state index is 0.441. The molecule has 0 aliphatic carbocycles. The second-order valence-electron chi connectivity index (χ2n) is 6.80. The summed E-state index contributed by atoms with van der Waals surface area (Å²) in [5, 5.41) is 12.0. The molecule has 3 rings (SSSR count). The lowest BCUT2D eigenvalue weighted by molar-refractivity contribution is 1.04. The third kappa shape index (κ3) is 6.62. The monoisotopic (exact) mass is 424 g/mol. The first-order valence-corrected chi connectivity index (χ1v) is 10.5. The van der Waals surface area contributed by atoms with Crippen molar-refractivity contribution >= 4 is 46.3 Å². The lowest BCUT2D eigenvalue weighted by atomic mass is 10.1. The molecule has 0 fully saturated rings. The molecule has 0 aliphatic rings. The Hall–Kier alpha value is -2.84. The Morgan fingerprint density at radius 2 is 1.69 bits per heavy atom. The van der Waals surface area contributed by atoms with Crippen molar-refractivity contribution in [3.05, 3.63) is 69.2 Å². The molecule has 8 heteroatoms. The molecular formula is C21H24N6S2. The highest BCUT2D eigenvalue weighted by molar-refractivity contribution is 7.80. The SMILES string of the molecule is Cc1cc(C)cc(NC(=S)NC(=NCc2cccs2)Nc2nc(C)cc(C)n2)c1. The average molecular weight is 425 g/mol. The van der Waals surface area contributed by atoms with E-state index in [9.17, 15) is 0 Å². The first-order valence-electron chi connectivity index (χ1n) is 9.20. The van der Waals surface area contributed by atoms with E-state index in [0.29, 0.717) is 23.6 Å². The van der Waals surface area contributed by atoms with Gasteiger partial charge in [0.15, 0.2) is 5.11 Å². The molecule has 1 aromatic carbocycles. The maximum absolute atomic E-state index is 5.50.